The first-order chi connectivity index (χ1) is 7.72. The monoisotopic (exact) mass is 276 g/mol. The molecule has 0 aliphatic heterocycles. The summed E-state index contributed by atoms with van der Waals surface area (Å²) in [5, 5.41) is 0. The molecule has 1 aromatic carbocycles. The fourth-order valence-corrected chi connectivity index (χ4v) is 2.24. The van der Waals surface area contributed by atoms with Gasteiger partial charge in [-0.25, -0.2) is 0 Å². The van der Waals surface area contributed by atoms with E-state index in [0.717, 1.165) is 21.3 Å². The molecule has 0 saturated carbocycles. The fraction of sp³-hybridized carbons (Fsp3) is 0.154. The van der Waals surface area contributed by atoms with Crippen LogP contribution in [0.1, 0.15) is 11.1 Å². The summed E-state index contributed by atoms with van der Waals surface area (Å²) in [6, 6.07) is 10.2. The summed E-state index contributed by atoms with van der Waals surface area (Å²) in [4.78, 5) is 4.45. The Morgan fingerprint density at radius 3 is 2.69 bits per heavy atom. The van der Waals surface area contributed by atoms with Crippen molar-refractivity contribution < 1.29 is 0 Å². The molecular formula is C13H13BrN2. The van der Waals surface area contributed by atoms with Crippen molar-refractivity contribution >= 4 is 15.9 Å². The summed E-state index contributed by atoms with van der Waals surface area (Å²) >= 11 is 3.54. The van der Waals surface area contributed by atoms with Gasteiger partial charge in [-0.1, -0.05) is 24.3 Å². The topological polar surface area (TPSA) is 38.9 Å². The maximum absolute atomic E-state index is 5.58. The first-order valence-electron chi connectivity index (χ1n) is 5.13. The summed E-state index contributed by atoms with van der Waals surface area (Å²) in [7, 11) is 0. The van der Waals surface area contributed by atoms with Gasteiger partial charge in [0.25, 0.3) is 0 Å². The highest BCUT2D eigenvalue weighted by molar-refractivity contribution is 9.10. The zero-order valence-corrected chi connectivity index (χ0v) is 10.7. The summed E-state index contributed by atoms with van der Waals surface area (Å²) in [6.45, 7) is 2.60. The second-order valence-corrected chi connectivity index (χ2v) is 4.55. The van der Waals surface area contributed by atoms with Crippen LogP contribution in [0.15, 0.2) is 41.0 Å². The Hall–Kier alpha value is -1.19. The Kier molecular flexibility index (Phi) is 3.36. The van der Waals surface area contributed by atoms with Crippen molar-refractivity contribution in [3.63, 3.8) is 0 Å². The van der Waals surface area contributed by atoms with Gasteiger partial charge < -0.3 is 5.73 Å². The number of nitrogens with zero attached hydrogens (tertiary/aromatic N) is 1. The lowest BCUT2D eigenvalue weighted by Crippen LogP contribution is -1.98. The van der Waals surface area contributed by atoms with E-state index in [1.807, 2.05) is 24.4 Å². The second-order valence-electron chi connectivity index (χ2n) is 3.69. The highest BCUT2D eigenvalue weighted by Crippen LogP contribution is 2.28. The van der Waals surface area contributed by atoms with Crippen LogP contribution in [0, 0.1) is 6.92 Å². The van der Waals surface area contributed by atoms with Crippen molar-refractivity contribution in [1.82, 2.24) is 4.98 Å². The predicted molar refractivity (Wildman–Crippen MR) is 70.0 cm³/mol. The molecule has 2 N–H and O–H groups in total. The maximum Gasteiger partial charge on any atom is 0.0846 e. The van der Waals surface area contributed by atoms with Gasteiger partial charge in [-0.05, 0) is 40.0 Å². The molecule has 3 heteroatoms. The Labute approximate surface area is 104 Å². The van der Waals surface area contributed by atoms with E-state index in [-0.39, 0.29) is 0 Å². The largest absolute Gasteiger partial charge is 0.326 e. The van der Waals surface area contributed by atoms with Gasteiger partial charge in [0.15, 0.2) is 0 Å². The van der Waals surface area contributed by atoms with Crippen molar-refractivity contribution in [2.45, 2.75) is 13.5 Å². The Morgan fingerprint density at radius 1 is 1.31 bits per heavy atom. The lowest BCUT2D eigenvalue weighted by molar-refractivity contribution is 1.04. The smallest absolute Gasteiger partial charge is 0.0846 e. The second kappa shape index (κ2) is 4.76. The average Bonchev–Trinajstić information content (AvgIpc) is 2.30. The van der Waals surface area contributed by atoms with Crippen LogP contribution in [0.5, 0.6) is 0 Å². The van der Waals surface area contributed by atoms with E-state index in [9.17, 15) is 0 Å². The number of benzene rings is 1. The Morgan fingerprint density at radius 2 is 2.06 bits per heavy atom. The number of aromatic nitrogens is 1. The lowest BCUT2D eigenvalue weighted by Gasteiger charge is -2.08. The summed E-state index contributed by atoms with van der Waals surface area (Å²) in [6.07, 6.45) is 1.83. The molecule has 0 radical (unpaired) electrons. The van der Waals surface area contributed by atoms with Crippen LogP contribution in [-0.2, 0) is 6.54 Å². The average molecular weight is 277 g/mol. The summed E-state index contributed by atoms with van der Waals surface area (Å²) < 4.78 is 0.991. The van der Waals surface area contributed by atoms with Gasteiger partial charge in [0.1, 0.15) is 0 Å². The molecule has 1 aromatic heterocycles. The van der Waals surface area contributed by atoms with Crippen LogP contribution >= 0.6 is 15.9 Å². The van der Waals surface area contributed by atoms with Crippen molar-refractivity contribution in [2.24, 2.45) is 5.73 Å². The van der Waals surface area contributed by atoms with E-state index >= 15 is 0 Å². The van der Waals surface area contributed by atoms with E-state index < -0.39 is 0 Å². The first kappa shape index (κ1) is 11.3. The van der Waals surface area contributed by atoms with E-state index in [0.29, 0.717) is 6.54 Å². The predicted octanol–water partition coefficient (Wildman–Crippen LogP) is 3.28. The molecule has 2 aromatic rings. The Bertz CT molecular complexity index is 509. The van der Waals surface area contributed by atoms with Crippen LogP contribution in [0.2, 0.25) is 0 Å². The van der Waals surface area contributed by atoms with Crippen molar-refractivity contribution in [2.75, 3.05) is 0 Å². The summed E-state index contributed by atoms with van der Waals surface area (Å²) in [5.74, 6) is 0. The molecule has 0 saturated heterocycles. The van der Waals surface area contributed by atoms with Crippen molar-refractivity contribution in [3.05, 3.63) is 52.1 Å². The maximum atomic E-state index is 5.58. The standard InChI is InChI=1S/C13H13BrN2/c1-9-4-2-3-5-11(9)13-12(14)6-10(7-15)8-16-13/h2-6,8H,7,15H2,1H3. The molecule has 82 valence electrons. The third-order valence-electron chi connectivity index (χ3n) is 2.53. The molecule has 0 atom stereocenters. The molecule has 0 aliphatic carbocycles. The SMILES string of the molecule is Cc1ccccc1-c1ncc(CN)cc1Br. The minimum atomic E-state index is 0.514. The van der Waals surface area contributed by atoms with Gasteiger partial charge in [-0.15, -0.1) is 0 Å². The number of nitrogens with two attached hydrogens (primary N) is 1. The van der Waals surface area contributed by atoms with Crippen molar-refractivity contribution in [3.8, 4) is 11.3 Å². The quantitative estimate of drug-likeness (QED) is 0.914. The van der Waals surface area contributed by atoms with Crippen LogP contribution < -0.4 is 5.73 Å². The fourth-order valence-electron chi connectivity index (χ4n) is 1.63. The zero-order valence-electron chi connectivity index (χ0n) is 9.07. The highest BCUT2D eigenvalue weighted by Gasteiger charge is 2.07. The number of hydrogen-bond donors (Lipinski definition) is 1. The van der Waals surface area contributed by atoms with E-state index in [2.05, 4.69) is 40.0 Å². The van der Waals surface area contributed by atoms with Gasteiger partial charge in [0, 0.05) is 22.8 Å². The molecule has 1 heterocycles. The third-order valence-corrected chi connectivity index (χ3v) is 3.14. The number of pyridine rings is 1. The molecule has 2 nitrogen and oxygen atoms in total. The minimum absolute atomic E-state index is 0.514. The minimum Gasteiger partial charge on any atom is -0.326 e. The molecule has 0 fully saturated rings. The number of hydrogen-bond acceptors (Lipinski definition) is 2. The molecular weight excluding hydrogens is 264 g/mol. The molecule has 0 unspecified atom stereocenters. The van der Waals surface area contributed by atoms with Gasteiger partial charge >= 0.3 is 0 Å². The number of rotatable bonds is 2. The van der Waals surface area contributed by atoms with Gasteiger partial charge in [0.2, 0.25) is 0 Å². The van der Waals surface area contributed by atoms with Crippen molar-refractivity contribution in [1.29, 1.82) is 0 Å². The van der Waals surface area contributed by atoms with E-state index in [1.54, 1.807) is 0 Å². The summed E-state index contributed by atoms with van der Waals surface area (Å²) in [5.41, 5.74) is 9.95. The van der Waals surface area contributed by atoms with Gasteiger partial charge in [-0.3, -0.25) is 4.98 Å². The van der Waals surface area contributed by atoms with Gasteiger partial charge in [-0.2, -0.15) is 0 Å². The van der Waals surface area contributed by atoms with E-state index in [4.69, 9.17) is 5.73 Å². The Balaban J connectivity index is 2.53. The molecule has 0 bridgehead atoms. The van der Waals surface area contributed by atoms with Crippen LogP contribution in [-0.4, -0.2) is 4.98 Å². The van der Waals surface area contributed by atoms with Crippen LogP contribution in [0.4, 0.5) is 0 Å². The zero-order chi connectivity index (χ0) is 11.5. The molecule has 16 heavy (non-hydrogen) atoms. The number of aryl methyl sites for hydroxylation is 1. The first-order valence-corrected chi connectivity index (χ1v) is 5.92. The normalized spacial score (nSPS) is 10.4. The third kappa shape index (κ3) is 2.15. The van der Waals surface area contributed by atoms with Crippen LogP contribution in [0.25, 0.3) is 11.3 Å². The van der Waals surface area contributed by atoms with E-state index in [1.165, 1.54) is 5.56 Å². The molecule has 0 spiro atoms. The highest BCUT2D eigenvalue weighted by atomic mass is 79.9. The molecule has 2 rings (SSSR count). The van der Waals surface area contributed by atoms with Crippen LogP contribution in [0.3, 0.4) is 0 Å². The van der Waals surface area contributed by atoms with Gasteiger partial charge in [0.05, 0.1) is 5.69 Å². The molecule has 0 aliphatic rings. The molecule has 0 amide bonds. The number of halogens is 1. The lowest BCUT2D eigenvalue weighted by atomic mass is 10.0.